The van der Waals surface area contributed by atoms with Crippen molar-refractivity contribution in [1.29, 1.82) is 0 Å². The highest BCUT2D eigenvalue weighted by Crippen LogP contribution is 2.14. The molecule has 0 aliphatic carbocycles. The molecule has 0 atom stereocenters. The van der Waals surface area contributed by atoms with E-state index in [4.69, 9.17) is 10.9 Å². The highest BCUT2D eigenvalue weighted by atomic mass is 16.2. The van der Waals surface area contributed by atoms with Crippen molar-refractivity contribution in [3.05, 3.63) is 6.33 Å². The second-order valence-corrected chi connectivity index (χ2v) is 3.64. The third kappa shape index (κ3) is 2.48. The predicted molar refractivity (Wildman–Crippen MR) is 61.9 cm³/mol. The average molecular weight is 237 g/mol. The minimum Gasteiger partial charge on any atom is -0.396 e. The molecule has 2 aromatic rings. The quantitative estimate of drug-likeness (QED) is 0.358. The zero-order chi connectivity index (χ0) is 12.1. The molecule has 0 radical (unpaired) electrons. The lowest BCUT2D eigenvalue weighted by Crippen LogP contribution is -2.09. The fraction of sp³-hybridized carbons (Fsp3) is 0.556. The highest BCUT2D eigenvalue weighted by Gasteiger charge is 2.10. The van der Waals surface area contributed by atoms with Crippen LogP contribution in [-0.2, 0) is 6.54 Å². The number of nitrogen functional groups attached to an aromatic ring is 1. The first-order chi connectivity index (χ1) is 8.36. The van der Waals surface area contributed by atoms with Gasteiger partial charge < -0.3 is 10.5 Å². The maximum atomic E-state index is 8.69. The van der Waals surface area contributed by atoms with Crippen LogP contribution in [0.25, 0.3) is 11.2 Å². The molecule has 0 amide bonds. The first-order valence-electron chi connectivity index (χ1n) is 5.48. The number of aliphatic hydroxyl groups excluding tert-OH is 1. The lowest BCUT2D eigenvalue weighted by Gasteiger charge is -2.01. The highest BCUT2D eigenvalue weighted by molar-refractivity contribution is 5.81. The van der Waals surface area contributed by atoms with Crippen LogP contribution in [0.3, 0.4) is 0 Å². The van der Waals surface area contributed by atoms with Gasteiger partial charge in [0.1, 0.15) is 6.33 Å². The molecule has 0 aliphatic heterocycles. The number of hydrogen-bond donors (Lipinski definition) is 3. The van der Waals surface area contributed by atoms with Crippen LogP contribution in [0.5, 0.6) is 0 Å². The minimum absolute atomic E-state index is 0.224. The molecule has 0 aliphatic rings. The van der Waals surface area contributed by atoms with Gasteiger partial charge in [0.2, 0.25) is 0 Å². The van der Waals surface area contributed by atoms with Crippen molar-refractivity contribution in [2.45, 2.75) is 25.8 Å². The summed E-state index contributed by atoms with van der Waals surface area (Å²) >= 11 is 0. The molecule has 0 fully saturated rings. The fourth-order valence-electron chi connectivity index (χ4n) is 1.60. The maximum absolute atomic E-state index is 8.69. The zero-order valence-corrected chi connectivity index (χ0v) is 9.37. The van der Waals surface area contributed by atoms with E-state index in [1.165, 1.54) is 6.33 Å². The molecule has 4 N–H and O–H groups in total. The Morgan fingerprint density at radius 2 is 2.18 bits per heavy atom. The van der Waals surface area contributed by atoms with Crippen LogP contribution < -0.4 is 11.3 Å². The molecular weight excluding hydrogens is 222 g/mol. The van der Waals surface area contributed by atoms with Crippen LogP contribution in [0.2, 0.25) is 0 Å². The number of fused-ring (bicyclic) bond motifs is 1. The van der Waals surface area contributed by atoms with Crippen molar-refractivity contribution in [3.63, 3.8) is 0 Å². The molecule has 0 aromatic carbocycles. The molecule has 0 saturated carbocycles. The van der Waals surface area contributed by atoms with Gasteiger partial charge in [-0.05, 0) is 19.3 Å². The molecule has 2 rings (SSSR count). The van der Waals surface area contributed by atoms with E-state index in [0.29, 0.717) is 17.0 Å². The lowest BCUT2D eigenvalue weighted by molar-refractivity contribution is 0.281. The number of rotatable bonds is 6. The van der Waals surface area contributed by atoms with Crippen molar-refractivity contribution in [2.75, 3.05) is 12.0 Å². The number of aryl methyl sites for hydroxylation is 1. The molecule has 0 bridgehead atoms. The number of nitrogens with two attached hydrogens (primary N) is 1. The van der Waals surface area contributed by atoms with Gasteiger partial charge in [0, 0.05) is 13.2 Å². The standard InChI is InChI=1S/C9H15N7O/c10-13-8-7-9(12-6-11-8)16(15-14-7)4-2-1-3-5-17/h6,17H,1-5,10H2,(H,11,12,13). The van der Waals surface area contributed by atoms with Crippen molar-refractivity contribution >= 4 is 17.0 Å². The van der Waals surface area contributed by atoms with Gasteiger partial charge in [0.05, 0.1) is 0 Å². The van der Waals surface area contributed by atoms with Gasteiger partial charge in [-0.15, -0.1) is 5.10 Å². The molecule has 2 heterocycles. The summed E-state index contributed by atoms with van der Waals surface area (Å²) in [6.45, 7) is 0.943. The fourth-order valence-corrected chi connectivity index (χ4v) is 1.60. The number of aliphatic hydroxyl groups is 1. The van der Waals surface area contributed by atoms with Gasteiger partial charge in [0.25, 0.3) is 0 Å². The second-order valence-electron chi connectivity index (χ2n) is 3.64. The largest absolute Gasteiger partial charge is 0.396 e. The maximum Gasteiger partial charge on any atom is 0.183 e. The molecule has 17 heavy (non-hydrogen) atoms. The van der Waals surface area contributed by atoms with Crippen molar-refractivity contribution in [2.24, 2.45) is 5.84 Å². The summed E-state index contributed by atoms with van der Waals surface area (Å²) in [5, 5.41) is 16.7. The Balaban J connectivity index is 2.13. The first-order valence-corrected chi connectivity index (χ1v) is 5.48. The topological polar surface area (TPSA) is 115 Å². The van der Waals surface area contributed by atoms with Crippen molar-refractivity contribution in [1.82, 2.24) is 25.0 Å². The molecule has 92 valence electrons. The van der Waals surface area contributed by atoms with Gasteiger partial charge >= 0.3 is 0 Å². The average Bonchev–Trinajstić information content (AvgIpc) is 2.78. The van der Waals surface area contributed by atoms with E-state index < -0.39 is 0 Å². The van der Waals surface area contributed by atoms with Gasteiger partial charge in [-0.2, -0.15) is 0 Å². The van der Waals surface area contributed by atoms with Crippen LogP contribution in [0.4, 0.5) is 5.82 Å². The Labute approximate surface area is 97.8 Å². The second kappa shape index (κ2) is 5.51. The normalized spacial score (nSPS) is 10.9. The van der Waals surface area contributed by atoms with Crippen LogP contribution >= 0.6 is 0 Å². The molecule has 0 saturated heterocycles. The van der Waals surface area contributed by atoms with E-state index in [2.05, 4.69) is 25.7 Å². The van der Waals surface area contributed by atoms with Gasteiger partial charge in [-0.25, -0.2) is 20.5 Å². The third-order valence-corrected chi connectivity index (χ3v) is 2.46. The van der Waals surface area contributed by atoms with E-state index in [1.54, 1.807) is 4.68 Å². The van der Waals surface area contributed by atoms with E-state index >= 15 is 0 Å². The van der Waals surface area contributed by atoms with Crippen LogP contribution in [0.1, 0.15) is 19.3 Å². The Hall–Kier alpha value is -1.80. The Morgan fingerprint density at radius 1 is 1.29 bits per heavy atom. The predicted octanol–water partition coefficient (Wildman–Crippen LogP) is -0.331. The summed E-state index contributed by atoms with van der Waals surface area (Å²) in [4.78, 5) is 8.08. The van der Waals surface area contributed by atoms with Crippen LogP contribution in [-0.4, -0.2) is 36.7 Å². The van der Waals surface area contributed by atoms with Gasteiger partial charge in [-0.1, -0.05) is 5.21 Å². The molecule has 2 aromatic heterocycles. The van der Waals surface area contributed by atoms with E-state index in [9.17, 15) is 0 Å². The number of nitrogens with one attached hydrogen (secondary N) is 1. The summed E-state index contributed by atoms with van der Waals surface area (Å²) in [5.74, 6) is 5.79. The zero-order valence-electron chi connectivity index (χ0n) is 9.37. The number of aromatic nitrogens is 5. The van der Waals surface area contributed by atoms with E-state index in [-0.39, 0.29) is 6.61 Å². The van der Waals surface area contributed by atoms with Gasteiger partial charge in [-0.3, -0.25) is 0 Å². The van der Waals surface area contributed by atoms with E-state index in [1.807, 2.05) is 0 Å². The molecular formula is C9H15N7O. The van der Waals surface area contributed by atoms with Crippen molar-refractivity contribution in [3.8, 4) is 0 Å². The summed E-state index contributed by atoms with van der Waals surface area (Å²) in [5.41, 5.74) is 3.69. The van der Waals surface area contributed by atoms with Crippen LogP contribution in [0.15, 0.2) is 6.33 Å². The van der Waals surface area contributed by atoms with Gasteiger partial charge in [0.15, 0.2) is 17.0 Å². The number of hydrazine groups is 1. The Bertz CT molecular complexity index is 483. The molecule has 0 unspecified atom stereocenters. The smallest absolute Gasteiger partial charge is 0.183 e. The Kier molecular flexibility index (Phi) is 3.78. The minimum atomic E-state index is 0.224. The summed E-state index contributed by atoms with van der Waals surface area (Å²) in [6, 6.07) is 0. The number of nitrogens with zero attached hydrogens (tertiary/aromatic N) is 5. The number of hydrogen-bond acceptors (Lipinski definition) is 7. The van der Waals surface area contributed by atoms with Crippen molar-refractivity contribution < 1.29 is 5.11 Å². The molecule has 8 heteroatoms. The summed E-state index contributed by atoms with van der Waals surface area (Å²) in [7, 11) is 0. The first kappa shape index (κ1) is 11.7. The number of anilines is 1. The molecule has 8 nitrogen and oxygen atoms in total. The van der Waals surface area contributed by atoms with E-state index in [0.717, 1.165) is 25.8 Å². The molecule has 0 spiro atoms. The number of unbranched alkanes of at least 4 members (excludes halogenated alkanes) is 2. The summed E-state index contributed by atoms with van der Waals surface area (Å²) < 4.78 is 1.72. The Morgan fingerprint density at radius 3 is 2.94 bits per heavy atom. The monoisotopic (exact) mass is 237 g/mol. The SMILES string of the molecule is NNc1ncnc2c1nnn2CCCCCO. The van der Waals surface area contributed by atoms with Crippen LogP contribution in [0, 0.1) is 0 Å². The lowest BCUT2D eigenvalue weighted by atomic mass is 10.2. The summed E-state index contributed by atoms with van der Waals surface area (Å²) in [6.07, 6.45) is 4.10. The third-order valence-electron chi connectivity index (χ3n) is 2.46.